The number of hydrogen-bond acceptors (Lipinski definition) is 4. The van der Waals surface area contributed by atoms with E-state index in [-0.39, 0.29) is 5.56 Å². The van der Waals surface area contributed by atoms with Crippen LogP contribution in [0, 0.1) is 0 Å². The third-order valence-corrected chi connectivity index (χ3v) is 4.17. The number of nitrogens with zero attached hydrogens (tertiary/aromatic N) is 4. The van der Waals surface area contributed by atoms with Gasteiger partial charge in [-0.05, 0) is 24.1 Å². The molecule has 3 aromatic rings. The van der Waals surface area contributed by atoms with Crippen LogP contribution in [0.3, 0.4) is 0 Å². The molecule has 6 heteroatoms. The van der Waals surface area contributed by atoms with Crippen molar-refractivity contribution in [2.24, 2.45) is 0 Å². The predicted octanol–water partition coefficient (Wildman–Crippen LogP) is 3.60. The maximum Gasteiger partial charge on any atom is 0.337 e. The highest BCUT2D eigenvalue weighted by Gasteiger charge is 2.13. The van der Waals surface area contributed by atoms with Gasteiger partial charge in [0.1, 0.15) is 5.82 Å². The van der Waals surface area contributed by atoms with Crippen molar-refractivity contribution in [2.45, 2.75) is 39.7 Å². The van der Waals surface area contributed by atoms with Crippen LogP contribution in [-0.2, 0) is 19.4 Å². The Labute approximate surface area is 152 Å². The number of benzene rings is 1. The number of carbonyl (C=O) groups is 1. The van der Waals surface area contributed by atoms with Gasteiger partial charge in [0.25, 0.3) is 0 Å². The Balaban J connectivity index is 1.85. The first kappa shape index (κ1) is 17.8. The zero-order chi connectivity index (χ0) is 18.5. The quantitative estimate of drug-likeness (QED) is 0.704. The first-order chi connectivity index (χ1) is 12.6. The summed E-state index contributed by atoms with van der Waals surface area (Å²) in [7, 11) is 0. The average molecular weight is 350 g/mol. The second-order valence-electron chi connectivity index (χ2n) is 6.10. The fourth-order valence-corrected chi connectivity index (χ4v) is 2.87. The van der Waals surface area contributed by atoms with Crippen molar-refractivity contribution in [1.29, 1.82) is 0 Å². The number of carboxylic acid groups (broad SMARTS) is 1. The molecule has 1 N–H and O–H groups in total. The summed E-state index contributed by atoms with van der Waals surface area (Å²) < 4.78 is 1.98. The van der Waals surface area contributed by atoms with Gasteiger partial charge in [0, 0.05) is 31.1 Å². The molecule has 2 heterocycles. The molecule has 2 aromatic heterocycles. The lowest BCUT2D eigenvalue weighted by atomic mass is 10.0. The first-order valence-electron chi connectivity index (χ1n) is 8.82. The van der Waals surface area contributed by atoms with Crippen molar-refractivity contribution in [3.63, 3.8) is 0 Å². The standard InChI is InChI=1S/C20H22N4O2/c1-3-12-24-18(22-17(4-2)23-24)13-14-7-9-15(10-8-14)19-16(20(25)26)6-5-11-21-19/h5-11H,3-4,12-13H2,1-2H3,(H,25,26). The lowest BCUT2D eigenvalue weighted by molar-refractivity contribution is 0.0697. The van der Waals surface area contributed by atoms with Gasteiger partial charge in [0.15, 0.2) is 5.82 Å². The van der Waals surface area contributed by atoms with Crippen LogP contribution in [-0.4, -0.2) is 30.8 Å². The summed E-state index contributed by atoms with van der Waals surface area (Å²) in [4.78, 5) is 20.2. The summed E-state index contributed by atoms with van der Waals surface area (Å²) in [6, 6.07) is 11.0. The maximum atomic E-state index is 11.4. The molecule has 0 bridgehead atoms. The molecule has 0 aliphatic rings. The van der Waals surface area contributed by atoms with E-state index < -0.39 is 5.97 Å². The van der Waals surface area contributed by atoms with Crippen molar-refractivity contribution in [1.82, 2.24) is 19.7 Å². The molecule has 0 atom stereocenters. The highest BCUT2D eigenvalue weighted by molar-refractivity contribution is 5.94. The van der Waals surface area contributed by atoms with Gasteiger partial charge in [-0.25, -0.2) is 14.5 Å². The van der Waals surface area contributed by atoms with Gasteiger partial charge in [0.2, 0.25) is 0 Å². The van der Waals surface area contributed by atoms with Crippen LogP contribution < -0.4 is 0 Å². The number of rotatable bonds is 7. The van der Waals surface area contributed by atoms with Crippen LogP contribution in [0.1, 0.15) is 47.8 Å². The Hall–Kier alpha value is -3.02. The molecule has 0 unspecified atom stereocenters. The minimum Gasteiger partial charge on any atom is -0.478 e. The van der Waals surface area contributed by atoms with E-state index >= 15 is 0 Å². The molecule has 6 nitrogen and oxygen atoms in total. The maximum absolute atomic E-state index is 11.4. The fraction of sp³-hybridized carbons (Fsp3) is 0.300. The predicted molar refractivity (Wildman–Crippen MR) is 99.1 cm³/mol. The van der Waals surface area contributed by atoms with Gasteiger partial charge in [-0.2, -0.15) is 5.10 Å². The summed E-state index contributed by atoms with van der Waals surface area (Å²) >= 11 is 0. The molecule has 3 rings (SSSR count). The van der Waals surface area contributed by atoms with Gasteiger partial charge >= 0.3 is 5.97 Å². The molecule has 134 valence electrons. The molecule has 0 aliphatic heterocycles. The first-order valence-corrected chi connectivity index (χ1v) is 8.82. The van der Waals surface area contributed by atoms with Crippen molar-refractivity contribution in [2.75, 3.05) is 0 Å². The normalized spacial score (nSPS) is 10.8. The van der Waals surface area contributed by atoms with Gasteiger partial charge in [0.05, 0.1) is 11.3 Å². The Morgan fingerprint density at radius 1 is 1.15 bits per heavy atom. The van der Waals surface area contributed by atoms with E-state index in [1.54, 1.807) is 18.3 Å². The summed E-state index contributed by atoms with van der Waals surface area (Å²) in [5, 5.41) is 13.9. The van der Waals surface area contributed by atoms with Gasteiger partial charge in [-0.15, -0.1) is 0 Å². The number of aromatic nitrogens is 4. The SMILES string of the molecule is CCCn1nc(CC)nc1Cc1ccc(-c2ncccc2C(=O)O)cc1. The van der Waals surface area contributed by atoms with Gasteiger partial charge in [-0.1, -0.05) is 38.1 Å². The van der Waals surface area contributed by atoms with Crippen molar-refractivity contribution < 1.29 is 9.90 Å². The van der Waals surface area contributed by atoms with Crippen molar-refractivity contribution in [3.8, 4) is 11.3 Å². The number of carboxylic acids is 1. The number of pyridine rings is 1. The van der Waals surface area contributed by atoms with Crippen LogP contribution in [0.2, 0.25) is 0 Å². The molecular formula is C20H22N4O2. The molecule has 26 heavy (non-hydrogen) atoms. The third kappa shape index (κ3) is 3.79. The Morgan fingerprint density at radius 2 is 1.92 bits per heavy atom. The lowest BCUT2D eigenvalue weighted by Crippen LogP contribution is -2.06. The molecule has 0 saturated heterocycles. The summed E-state index contributed by atoms with van der Waals surface area (Å²) in [6.07, 6.45) is 4.13. The molecule has 0 radical (unpaired) electrons. The number of aryl methyl sites for hydroxylation is 2. The van der Waals surface area contributed by atoms with Crippen LogP contribution >= 0.6 is 0 Å². The van der Waals surface area contributed by atoms with Gasteiger partial charge in [-0.3, -0.25) is 4.98 Å². The molecule has 0 aliphatic carbocycles. The summed E-state index contributed by atoms with van der Waals surface area (Å²) in [6.45, 7) is 5.03. The Morgan fingerprint density at radius 3 is 2.58 bits per heavy atom. The zero-order valence-corrected chi connectivity index (χ0v) is 15.0. The fourth-order valence-electron chi connectivity index (χ4n) is 2.87. The van der Waals surface area contributed by atoms with E-state index in [0.29, 0.717) is 12.1 Å². The number of hydrogen-bond donors (Lipinski definition) is 1. The zero-order valence-electron chi connectivity index (χ0n) is 15.0. The second-order valence-corrected chi connectivity index (χ2v) is 6.10. The Bertz CT molecular complexity index is 900. The highest BCUT2D eigenvalue weighted by atomic mass is 16.4. The molecule has 0 amide bonds. The summed E-state index contributed by atoms with van der Waals surface area (Å²) in [5.41, 5.74) is 2.58. The lowest BCUT2D eigenvalue weighted by Gasteiger charge is -2.07. The van der Waals surface area contributed by atoms with Crippen LogP contribution in [0.25, 0.3) is 11.3 Å². The monoisotopic (exact) mass is 350 g/mol. The van der Waals surface area contributed by atoms with E-state index in [1.165, 1.54) is 0 Å². The smallest absolute Gasteiger partial charge is 0.337 e. The highest BCUT2D eigenvalue weighted by Crippen LogP contribution is 2.22. The second kappa shape index (κ2) is 7.91. The largest absolute Gasteiger partial charge is 0.478 e. The van der Waals surface area contributed by atoms with Crippen LogP contribution in [0.5, 0.6) is 0 Å². The molecule has 1 aromatic carbocycles. The minimum atomic E-state index is -0.975. The van der Waals surface area contributed by atoms with E-state index in [1.807, 2.05) is 28.9 Å². The number of aromatic carboxylic acids is 1. The summed E-state index contributed by atoms with van der Waals surface area (Å²) in [5.74, 6) is 0.849. The molecule has 0 fully saturated rings. The molecule has 0 saturated carbocycles. The van der Waals surface area contributed by atoms with E-state index in [2.05, 4.69) is 28.9 Å². The molecular weight excluding hydrogens is 328 g/mol. The Kier molecular flexibility index (Phi) is 5.41. The van der Waals surface area contributed by atoms with Crippen LogP contribution in [0.15, 0.2) is 42.6 Å². The van der Waals surface area contributed by atoms with Crippen molar-refractivity contribution in [3.05, 3.63) is 65.4 Å². The van der Waals surface area contributed by atoms with Gasteiger partial charge < -0.3 is 5.11 Å². The van der Waals surface area contributed by atoms with E-state index in [9.17, 15) is 9.90 Å². The van der Waals surface area contributed by atoms with E-state index in [0.717, 1.165) is 42.2 Å². The van der Waals surface area contributed by atoms with Crippen molar-refractivity contribution >= 4 is 5.97 Å². The molecule has 0 spiro atoms. The minimum absolute atomic E-state index is 0.204. The topological polar surface area (TPSA) is 80.9 Å². The average Bonchev–Trinajstić information content (AvgIpc) is 3.04. The van der Waals surface area contributed by atoms with Crippen LogP contribution in [0.4, 0.5) is 0 Å². The van der Waals surface area contributed by atoms with E-state index in [4.69, 9.17) is 0 Å². The third-order valence-electron chi connectivity index (χ3n) is 4.17.